The van der Waals surface area contributed by atoms with Crippen molar-refractivity contribution in [3.63, 3.8) is 0 Å². The molecule has 1 aromatic heterocycles. The van der Waals surface area contributed by atoms with Gasteiger partial charge in [0.25, 0.3) is 10.0 Å². The lowest BCUT2D eigenvalue weighted by Crippen LogP contribution is -2.13. The normalized spacial score (nSPS) is 11.5. The number of hydrogen-bond acceptors (Lipinski definition) is 4. The number of aromatic nitrogens is 2. The molecule has 0 saturated heterocycles. The van der Waals surface area contributed by atoms with Crippen molar-refractivity contribution in [2.75, 3.05) is 6.61 Å². The van der Waals surface area contributed by atoms with Crippen molar-refractivity contribution in [1.82, 2.24) is 8.96 Å². The second-order valence-electron chi connectivity index (χ2n) is 4.21. The van der Waals surface area contributed by atoms with E-state index in [2.05, 4.69) is 4.98 Å². The van der Waals surface area contributed by atoms with E-state index in [0.29, 0.717) is 17.9 Å². The molecule has 1 heterocycles. The molecule has 102 valence electrons. The highest BCUT2D eigenvalue weighted by Crippen LogP contribution is 2.27. The van der Waals surface area contributed by atoms with Gasteiger partial charge in [-0.1, -0.05) is 0 Å². The van der Waals surface area contributed by atoms with Gasteiger partial charge in [-0.25, -0.2) is 17.4 Å². The van der Waals surface area contributed by atoms with Gasteiger partial charge in [0.2, 0.25) is 0 Å². The van der Waals surface area contributed by atoms with Gasteiger partial charge in [0.1, 0.15) is 12.1 Å². The molecule has 0 atom stereocenters. The van der Waals surface area contributed by atoms with Crippen LogP contribution in [0.5, 0.6) is 5.75 Å². The molecule has 0 unspecified atom stereocenters. The van der Waals surface area contributed by atoms with Crippen molar-refractivity contribution in [1.29, 1.82) is 0 Å². The first kappa shape index (κ1) is 13.6. The first-order valence-electron chi connectivity index (χ1n) is 5.94. The second kappa shape index (κ2) is 5.05. The van der Waals surface area contributed by atoms with Gasteiger partial charge in [-0.2, -0.15) is 0 Å². The molecule has 0 aliphatic heterocycles. The number of nitrogens with zero attached hydrogens (tertiary/aromatic N) is 2. The number of ether oxygens (including phenoxy) is 1. The number of imidazole rings is 1. The smallest absolute Gasteiger partial charge is 0.269 e. The molecule has 0 saturated carbocycles. The van der Waals surface area contributed by atoms with Gasteiger partial charge < -0.3 is 4.74 Å². The fraction of sp³-hybridized carbons (Fsp3) is 0.308. The summed E-state index contributed by atoms with van der Waals surface area (Å²) in [5.41, 5.74) is 1.45. The van der Waals surface area contributed by atoms with E-state index in [1.54, 1.807) is 19.1 Å². The molecule has 6 heteroatoms. The number of benzene rings is 1. The highest BCUT2D eigenvalue weighted by molar-refractivity contribution is 7.90. The Morgan fingerprint density at radius 3 is 2.58 bits per heavy atom. The predicted molar refractivity (Wildman–Crippen MR) is 71.9 cm³/mol. The lowest BCUT2D eigenvalue weighted by atomic mass is 10.1. The van der Waals surface area contributed by atoms with Crippen LogP contribution in [-0.4, -0.2) is 24.0 Å². The van der Waals surface area contributed by atoms with Crippen LogP contribution in [0.25, 0.3) is 0 Å². The van der Waals surface area contributed by atoms with Crippen molar-refractivity contribution in [2.45, 2.75) is 25.7 Å². The summed E-state index contributed by atoms with van der Waals surface area (Å²) in [7, 11) is -3.58. The fourth-order valence-electron chi connectivity index (χ4n) is 1.85. The molecule has 0 aliphatic carbocycles. The first-order valence-corrected chi connectivity index (χ1v) is 7.38. The van der Waals surface area contributed by atoms with Crippen LogP contribution < -0.4 is 4.74 Å². The zero-order chi connectivity index (χ0) is 14.0. The summed E-state index contributed by atoms with van der Waals surface area (Å²) in [5, 5.41) is 0. The van der Waals surface area contributed by atoms with Crippen LogP contribution in [0, 0.1) is 13.8 Å². The van der Waals surface area contributed by atoms with Gasteiger partial charge in [-0.15, -0.1) is 0 Å². The Hall–Kier alpha value is -1.82. The summed E-state index contributed by atoms with van der Waals surface area (Å²) in [4.78, 5) is 4.04. The van der Waals surface area contributed by atoms with Gasteiger partial charge in [0, 0.05) is 12.4 Å². The lowest BCUT2D eigenvalue weighted by molar-refractivity contribution is 0.337. The molecule has 0 N–H and O–H groups in total. The zero-order valence-corrected chi connectivity index (χ0v) is 11.9. The lowest BCUT2D eigenvalue weighted by Gasteiger charge is -2.13. The van der Waals surface area contributed by atoms with Crippen LogP contribution in [0.4, 0.5) is 0 Å². The highest BCUT2D eigenvalue weighted by atomic mass is 32.2. The SMILES string of the molecule is CCOc1cc(C)c(S(=O)(=O)n2ccnc2)cc1C. The Labute approximate surface area is 112 Å². The second-order valence-corrected chi connectivity index (χ2v) is 6.03. The van der Waals surface area contributed by atoms with Crippen molar-refractivity contribution in [2.24, 2.45) is 0 Å². The van der Waals surface area contributed by atoms with Crippen molar-refractivity contribution < 1.29 is 13.2 Å². The van der Waals surface area contributed by atoms with E-state index in [4.69, 9.17) is 4.74 Å². The average molecular weight is 280 g/mol. The summed E-state index contributed by atoms with van der Waals surface area (Å²) in [6, 6.07) is 3.39. The third kappa shape index (κ3) is 2.49. The molecule has 0 spiro atoms. The molecule has 0 aliphatic rings. The summed E-state index contributed by atoms with van der Waals surface area (Å²) < 4.78 is 31.4. The maximum atomic E-state index is 12.4. The van der Waals surface area contributed by atoms with Gasteiger partial charge >= 0.3 is 0 Å². The van der Waals surface area contributed by atoms with Crippen molar-refractivity contribution in [3.05, 3.63) is 42.0 Å². The summed E-state index contributed by atoms with van der Waals surface area (Å²) in [6.45, 7) is 6.03. The minimum absolute atomic E-state index is 0.270. The molecule has 2 rings (SSSR count). The van der Waals surface area contributed by atoms with E-state index in [1.807, 2.05) is 13.8 Å². The van der Waals surface area contributed by atoms with Gasteiger partial charge in [0.15, 0.2) is 0 Å². The molecule has 2 aromatic rings. The standard InChI is InChI=1S/C13H16N2O3S/c1-4-18-12-7-11(3)13(8-10(12)2)19(16,17)15-6-5-14-9-15/h5-9H,4H2,1-3H3. The first-order chi connectivity index (χ1) is 8.96. The van der Waals surface area contributed by atoms with Gasteiger partial charge in [-0.05, 0) is 44.0 Å². The minimum atomic E-state index is -3.58. The highest BCUT2D eigenvalue weighted by Gasteiger charge is 2.20. The maximum Gasteiger partial charge on any atom is 0.269 e. The number of hydrogen-bond donors (Lipinski definition) is 0. The largest absolute Gasteiger partial charge is 0.494 e. The zero-order valence-electron chi connectivity index (χ0n) is 11.1. The Kier molecular flexibility index (Phi) is 3.61. The van der Waals surface area contributed by atoms with E-state index < -0.39 is 10.0 Å². The fourth-order valence-corrected chi connectivity index (χ4v) is 3.27. The molecule has 0 radical (unpaired) electrons. The Balaban J connectivity index is 2.55. The molecule has 5 nitrogen and oxygen atoms in total. The van der Waals surface area contributed by atoms with E-state index in [1.165, 1.54) is 18.7 Å². The number of aryl methyl sites for hydroxylation is 2. The van der Waals surface area contributed by atoms with E-state index in [0.717, 1.165) is 9.54 Å². The predicted octanol–water partition coefficient (Wildman–Crippen LogP) is 2.14. The quantitative estimate of drug-likeness (QED) is 0.861. The Bertz CT molecular complexity index is 676. The minimum Gasteiger partial charge on any atom is -0.494 e. The summed E-state index contributed by atoms with van der Waals surface area (Å²) in [6.07, 6.45) is 4.13. The van der Waals surface area contributed by atoms with Gasteiger partial charge in [-0.3, -0.25) is 0 Å². The molecule has 19 heavy (non-hydrogen) atoms. The third-order valence-corrected chi connectivity index (χ3v) is 4.57. The summed E-state index contributed by atoms with van der Waals surface area (Å²) in [5.74, 6) is 0.713. The van der Waals surface area contributed by atoms with E-state index >= 15 is 0 Å². The molecular weight excluding hydrogens is 264 g/mol. The third-order valence-electron chi connectivity index (χ3n) is 2.81. The molecule has 0 bridgehead atoms. The van der Waals surface area contributed by atoms with Crippen LogP contribution in [0.3, 0.4) is 0 Å². The number of rotatable bonds is 4. The molecular formula is C13H16N2O3S. The molecule has 1 aromatic carbocycles. The van der Waals surface area contributed by atoms with E-state index in [-0.39, 0.29) is 4.90 Å². The van der Waals surface area contributed by atoms with Crippen molar-refractivity contribution >= 4 is 10.0 Å². The van der Waals surface area contributed by atoms with E-state index in [9.17, 15) is 8.42 Å². The van der Waals surface area contributed by atoms with Crippen LogP contribution in [0.2, 0.25) is 0 Å². The van der Waals surface area contributed by atoms with Crippen LogP contribution >= 0.6 is 0 Å². The topological polar surface area (TPSA) is 61.2 Å². The van der Waals surface area contributed by atoms with Crippen LogP contribution in [-0.2, 0) is 10.0 Å². The monoisotopic (exact) mass is 280 g/mol. The Morgan fingerprint density at radius 2 is 2.00 bits per heavy atom. The average Bonchev–Trinajstić information content (AvgIpc) is 2.88. The van der Waals surface area contributed by atoms with Crippen LogP contribution in [0.15, 0.2) is 35.7 Å². The molecule has 0 fully saturated rings. The Morgan fingerprint density at radius 1 is 1.26 bits per heavy atom. The summed E-state index contributed by atoms with van der Waals surface area (Å²) >= 11 is 0. The van der Waals surface area contributed by atoms with Crippen molar-refractivity contribution in [3.8, 4) is 5.75 Å². The maximum absolute atomic E-state index is 12.4. The van der Waals surface area contributed by atoms with Gasteiger partial charge in [0.05, 0.1) is 11.5 Å². The molecule has 0 amide bonds. The van der Waals surface area contributed by atoms with Crippen LogP contribution in [0.1, 0.15) is 18.1 Å².